The SMILES string of the molecule is CC(C)OC(=O)[C@H](C)CP(=O)(Oc1ccccc1)O[C@@H](C)[C@H]1O[C@@H](n2cnc3c(=O)[nH]c(N)nc32)C(O)(CF)[C@H]1O. The van der Waals surface area contributed by atoms with Crippen molar-refractivity contribution in [1.82, 2.24) is 19.5 Å². The minimum Gasteiger partial charge on any atom is -0.463 e. The smallest absolute Gasteiger partial charge is 0.380 e. The summed E-state index contributed by atoms with van der Waals surface area (Å²) in [5, 5.41) is 22.2. The molecule has 0 amide bonds. The van der Waals surface area contributed by atoms with Crippen molar-refractivity contribution in [3.8, 4) is 5.75 Å². The number of aromatic amines is 1. The third-order valence-electron chi connectivity index (χ3n) is 6.48. The third kappa shape index (κ3) is 6.28. The second kappa shape index (κ2) is 11.9. The van der Waals surface area contributed by atoms with E-state index < -0.39 is 74.1 Å². The number of nitrogen functional groups attached to an aromatic ring is 1. The molecule has 1 aliphatic rings. The lowest BCUT2D eigenvalue weighted by Gasteiger charge is -2.30. The molecule has 0 aliphatic carbocycles. The van der Waals surface area contributed by atoms with Crippen LogP contribution < -0.4 is 15.8 Å². The quantitative estimate of drug-likeness (QED) is 0.185. The van der Waals surface area contributed by atoms with Crippen LogP contribution in [-0.2, 0) is 23.4 Å². The first kappa shape index (κ1) is 30.6. The largest absolute Gasteiger partial charge is 0.463 e. The molecule has 0 saturated carbocycles. The molecular formula is C25H33FN5O9P. The van der Waals surface area contributed by atoms with Crippen LogP contribution in [0.4, 0.5) is 10.3 Å². The molecular weight excluding hydrogens is 564 g/mol. The van der Waals surface area contributed by atoms with Crippen LogP contribution in [-0.4, -0.2) is 78.6 Å². The summed E-state index contributed by atoms with van der Waals surface area (Å²) in [6.07, 6.45) is -5.98. The number of esters is 1. The molecule has 2 unspecified atom stereocenters. The standard InChI is InChI=1S/C25H33FN5O9P/c1-13(2)37-22(34)14(3)10-41(36,40-16-8-6-5-7-9-16)39-15(4)18-19(32)25(35,11-26)23(38-18)31-12-28-17-20(31)29-24(27)30-21(17)33/h5-9,12-15,18-19,23,32,35H,10-11H2,1-4H3,(H3,27,29,30,33)/t14-,15+,18-,19+,23-,25?,41?/m1/s1. The number of carbonyl (C=O) groups is 1. The van der Waals surface area contributed by atoms with E-state index in [-0.39, 0.29) is 22.9 Å². The molecule has 3 aromatic rings. The van der Waals surface area contributed by atoms with Crippen molar-refractivity contribution in [1.29, 1.82) is 0 Å². The number of fused-ring (bicyclic) bond motifs is 1. The Kier molecular flexibility index (Phi) is 8.85. The van der Waals surface area contributed by atoms with E-state index in [9.17, 15) is 28.8 Å². The van der Waals surface area contributed by atoms with Crippen molar-refractivity contribution < 1.29 is 42.5 Å². The van der Waals surface area contributed by atoms with Gasteiger partial charge in [0.15, 0.2) is 23.0 Å². The Morgan fingerprint density at radius 3 is 2.61 bits per heavy atom. The summed E-state index contributed by atoms with van der Waals surface area (Å²) in [7, 11) is -4.17. The summed E-state index contributed by atoms with van der Waals surface area (Å²) in [5.74, 6) is -1.59. The molecule has 1 aliphatic heterocycles. The summed E-state index contributed by atoms with van der Waals surface area (Å²) < 4.78 is 52.1. The number of halogens is 1. The zero-order valence-electron chi connectivity index (χ0n) is 22.8. The highest BCUT2D eigenvalue weighted by atomic mass is 31.2. The lowest BCUT2D eigenvalue weighted by Crippen LogP contribution is -2.50. The number of benzene rings is 1. The van der Waals surface area contributed by atoms with Crippen molar-refractivity contribution >= 4 is 30.7 Å². The zero-order chi connectivity index (χ0) is 30.1. The monoisotopic (exact) mass is 597 g/mol. The van der Waals surface area contributed by atoms with Gasteiger partial charge in [0.05, 0.1) is 30.6 Å². The number of carbonyl (C=O) groups excluding carboxylic acids is 1. The Bertz CT molecular complexity index is 1490. The maximum absolute atomic E-state index is 14.4. The summed E-state index contributed by atoms with van der Waals surface area (Å²) in [5.41, 5.74) is 2.14. The van der Waals surface area contributed by atoms with Gasteiger partial charge in [0, 0.05) is 0 Å². The minimum absolute atomic E-state index is 0.125. The van der Waals surface area contributed by atoms with E-state index in [1.165, 1.54) is 13.8 Å². The Hall–Kier alpha value is -3.36. The van der Waals surface area contributed by atoms with E-state index in [0.29, 0.717) is 0 Å². The molecule has 5 N–H and O–H groups in total. The molecule has 1 aromatic carbocycles. The van der Waals surface area contributed by atoms with E-state index >= 15 is 0 Å². The predicted octanol–water partition coefficient (Wildman–Crippen LogP) is 1.93. The van der Waals surface area contributed by atoms with Gasteiger partial charge in [-0.2, -0.15) is 4.98 Å². The van der Waals surface area contributed by atoms with Crippen LogP contribution in [0, 0.1) is 5.92 Å². The molecule has 41 heavy (non-hydrogen) atoms. The molecule has 2 aromatic heterocycles. The number of nitrogens with zero attached hydrogens (tertiary/aromatic N) is 3. The average molecular weight is 598 g/mol. The Morgan fingerprint density at radius 1 is 1.29 bits per heavy atom. The van der Waals surface area contributed by atoms with Gasteiger partial charge < -0.3 is 29.9 Å². The number of hydrogen-bond acceptors (Lipinski definition) is 12. The predicted molar refractivity (Wildman–Crippen MR) is 144 cm³/mol. The number of aliphatic hydroxyl groups is 2. The first-order chi connectivity index (χ1) is 19.3. The fraction of sp³-hybridized carbons (Fsp3) is 0.520. The molecule has 16 heteroatoms. The number of hydrogen-bond donors (Lipinski definition) is 4. The van der Waals surface area contributed by atoms with Crippen LogP contribution in [0.3, 0.4) is 0 Å². The van der Waals surface area contributed by atoms with E-state index in [4.69, 9.17) is 24.3 Å². The van der Waals surface area contributed by atoms with Crippen LogP contribution in [0.15, 0.2) is 41.5 Å². The zero-order valence-corrected chi connectivity index (χ0v) is 23.7. The molecule has 0 radical (unpaired) electrons. The fourth-order valence-corrected chi connectivity index (χ4v) is 6.61. The lowest BCUT2D eigenvalue weighted by atomic mass is 9.93. The van der Waals surface area contributed by atoms with Crippen molar-refractivity contribution in [2.45, 2.75) is 63.9 Å². The van der Waals surface area contributed by atoms with E-state index in [1.807, 2.05) is 0 Å². The molecule has 1 saturated heterocycles. The molecule has 0 spiro atoms. The van der Waals surface area contributed by atoms with E-state index in [2.05, 4.69) is 15.0 Å². The Labute approximate surface area is 234 Å². The maximum Gasteiger partial charge on any atom is 0.380 e. The number of aromatic nitrogens is 4. The number of rotatable bonds is 11. The molecule has 4 rings (SSSR count). The second-order valence-corrected chi connectivity index (χ2v) is 12.2. The topological polar surface area (TPSA) is 201 Å². The molecule has 0 bridgehead atoms. The number of nitrogens with two attached hydrogens (primary N) is 1. The van der Waals surface area contributed by atoms with Crippen LogP contribution in [0.2, 0.25) is 0 Å². The first-order valence-electron chi connectivity index (χ1n) is 12.8. The first-order valence-corrected chi connectivity index (χ1v) is 14.6. The van der Waals surface area contributed by atoms with Gasteiger partial charge in [-0.15, -0.1) is 0 Å². The van der Waals surface area contributed by atoms with Crippen molar-refractivity contribution in [2.24, 2.45) is 5.92 Å². The van der Waals surface area contributed by atoms with Crippen LogP contribution in [0.25, 0.3) is 11.2 Å². The van der Waals surface area contributed by atoms with Crippen molar-refractivity contribution in [3.63, 3.8) is 0 Å². The van der Waals surface area contributed by atoms with Crippen molar-refractivity contribution in [2.75, 3.05) is 18.6 Å². The lowest BCUT2D eigenvalue weighted by molar-refractivity contribution is -0.151. The van der Waals surface area contributed by atoms with Gasteiger partial charge in [-0.05, 0) is 32.9 Å². The number of nitrogens with one attached hydrogen (secondary N) is 1. The molecule has 14 nitrogen and oxygen atoms in total. The van der Waals surface area contributed by atoms with Gasteiger partial charge in [0.1, 0.15) is 24.6 Å². The van der Waals surface area contributed by atoms with Crippen LogP contribution in [0.5, 0.6) is 5.75 Å². The van der Waals surface area contributed by atoms with Gasteiger partial charge in [0.25, 0.3) is 5.56 Å². The minimum atomic E-state index is -4.17. The number of para-hydroxylation sites is 1. The highest BCUT2D eigenvalue weighted by Gasteiger charge is 2.59. The van der Waals surface area contributed by atoms with Crippen LogP contribution in [0.1, 0.15) is 33.9 Å². The number of anilines is 1. The summed E-state index contributed by atoms with van der Waals surface area (Å²) in [6, 6.07) is 8.11. The molecule has 3 heterocycles. The molecule has 7 atom stereocenters. The normalized spacial score (nSPS) is 25.6. The highest BCUT2D eigenvalue weighted by molar-refractivity contribution is 7.54. The number of aliphatic hydroxyl groups excluding tert-OH is 1. The summed E-state index contributed by atoms with van der Waals surface area (Å²) >= 11 is 0. The van der Waals surface area contributed by atoms with Gasteiger partial charge in [0.2, 0.25) is 5.95 Å². The maximum atomic E-state index is 14.4. The number of imidazole rings is 1. The number of alkyl halides is 1. The van der Waals surface area contributed by atoms with Crippen LogP contribution >= 0.6 is 7.60 Å². The summed E-state index contributed by atoms with van der Waals surface area (Å²) in [4.78, 5) is 34.9. The van der Waals surface area contributed by atoms with Crippen molar-refractivity contribution in [3.05, 3.63) is 47.0 Å². The number of H-pyrrole nitrogens is 1. The third-order valence-corrected chi connectivity index (χ3v) is 8.62. The van der Waals surface area contributed by atoms with Gasteiger partial charge >= 0.3 is 13.6 Å². The molecule has 1 fully saturated rings. The van der Waals surface area contributed by atoms with Gasteiger partial charge in [-0.3, -0.25) is 23.7 Å². The van der Waals surface area contributed by atoms with E-state index in [1.54, 1.807) is 44.2 Å². The molecule has 224 valence electrons. The Morgan fingerprint density at radius 2 is 1.98 bits per heavy atom. The van der Waals surface area contributed by atoms with Gasteiger partial charge in [-0.1, -0.05) is 25.1 Å². The average Bonchev–Trinajstić information content (AvgIpc) is 3.42. The van der Waals surface area contributed by atoms with Gasteiger partial charge in [-0.25, -0.2) is 13.9 Å². The fourth-order valence-electron chi connectivity index (χ4n) is 4.52. The van der Waals surface area contributed by atoms with E-state index in [0.717, 1.165) is 10.9 Å². The Balaban J connectivity index is 1.63. The highest BCUT2D eigenvalue weighted by Crippen LogP contribution is 2.53. The number of ether oxygens (including phenoxy) is 2. The summed E-state index contributed by atoms with van der Waals surface area (Å²) in [6.45, 7) is 4.77. The second-order valence-electron chi connectivity index (χ2n) is 10.2.